The SMILES string of the molecule is C=C[C@]12CC[C@H]3[C@@H](C[C@H]4O[C@]45[C@@H](O)CCC(=O)[C@]35C)[C@@H]1CC[C@@H]2C(C)[C@H]1CC(C)=C(CO)C(=O)O1. The number of fused-ring (bicyclic) bond motifs is 4. The zero-order valence-electron chi connectivity index (χ0n) is 21.3. The summed E-state index contributed by atoms with van der Waals surface area (Å²) < 4.78 is 12.2. The number of ketones is 1. The molecule has 1 spiro atoms. The number of epoxide rings is 1. The van der Waals surface area contributed by atoms with Crippen molar-refractivity contribution in [3.05, 3.63) is 23.8 Å². The second-order valence-electron chi connectivity index (χ2n) is 12.7. The molecule has 2 aliphatic heterocycles. The number of hydrogen-bond acceptors (Lipinski definition) is 6. The summed E-state index contributed by atoms with van der Waals surface area (Å²) in [7, 11) is 0. The average molecular weight is 485 g/mol. The Hall–Kier alpha value is -1.50. The first-order chi connectivity index (χ1) is 16.7. The summed E-state index contributed by atoms with van der Waals surface area (Å²) in [6.07, 6.45) is 8.10. The van der Waals surface area contributed by atoms with Crippen LogP contribution < -0.4 is 0 Å². The molecule has 1 unspecified atom stereocenters. The van der Waals surface area contributed by atoms with Crippen molar-refractivity contribution < 1.29 is 29.3 Å². The van der Waals surface area contributed by atoms with Crippen molar-refractivity contribution >= 4 is 11.8 Å². The van der Waals surface area contributed by atoms with E-state index in [4.69, 9.17) is 9.47 Å². The first-order valence-corrected chi connectivity index (χ1v) is 13.7. The van der Waals surface area contributed by atoms with E-state index in [2.05, 4.69) is 26.5 Å². The van der Waals surface area contributed by atoms with Crippen LogP contribution in [0.5, 0.6) is 0 Å². The monoisotopic (exact) mass is 484 g/mol. The highest BCUT2D eigenvalue weighted by atomic mass is 16.6. The van der Waals surface area contributed by atoms with Crippen molar-refractivity contribution in [1.29, 1.82) is 0 Å². The molecule has 5 fully saturated rings. The number of Topliss-reactive ketones (excluding diaryl/α,β-unsaturated/α-hetero) is 1. The number of ether oxygens (including phenoxy) is 2. The highest BCUT2D eigenvalue weighted by molar-refractivity contribution is 5.90. The zero-order valence-corrected chi connectivity index (χ0v) is 21.3. The van der Waals surface area contributed by atoms with Crippen LogP contribution in [0.1, 0.15) is 72.1 Å². The lowest BCUT2D eigenvalue weighted by molar-refractivity contribution is -0.164. The lowest BCUT2D eigenvalue weighted by Crippen LogP contribution is -2.65. The van der Waals surface area contributed by atoms with E-state index in [1.807, 2.05) is 6.92 Å². The number of rotatable bonds is 4. The van der Waals surface area contributed by atoms with Crippen molar-refractivity contribution in [1.82, 2.24) is 0 Å². The molecular weight excluding hydrogens is 444 g/mol. The standard InChI is InChI=1S/C29H40O6/c1-5-28-11-10-20-17(13-25-29(35-25)24(32)9-8-23(31)27(20,29)4)21(28)7-6-19(28)16(3)22-12-15(2)18(14-30)26(33)34-22/h5,16-17,19-22,24-25,30,32H,1,6-14H2,2-4H3/t16?,17-,19-,20+,21+,22-,24+,25-,27+,28-,29-/m1/s1. The Labute approximate surface area is 208 Å². The highest BCUT2D eigenvalue weighted by Crippen LogP contribution is 2.74. The summed E-state index contributed by atoms with van der Waals surface area (Å²) in [6.45, 7) is 10.3. The quantitative estimate of drug-likeness (QED) is 0.359. The maximum Gasteiger partial charge on any atom is 0.336 e. The largest absolute Gasteiger partial charge is 0.458 e. The van der Waals surface area contributed by atoms with Gasteiger partial charge in [0.25, 0.3) is 0 Å². The van der Waals surface area contributed by atoms with Gasteiger partial charge in [0.05, 0.1) is 29.8 Å². The first kappa shape index (κ1) is 23.9. The Balaban J connectivity index is 1.29. The maximum absolute atomic E-state index is 13.4. The number of hydrogen-bond donors (Lipinski definition) is 2. The van der Waals surface area contributed by atoms with E-state index in [-0.39, 0.29) is 47.8 Å². The molecule has 0 bridgehead atoms. The Bertz CT molecular complexity index is 1000. The van der Waals surface area contributed by atoms with Gasteiger partial charge in [0.2, 0.25) is 0 Å². The van der Waals surface area contributed by atoms with E-state index in [0.717, 1.165) is 37.7 Å². The van der Waals surface area contributed by atoms with E-state index in [9.17, 15) is 19.8 Å². The van der Waals surface area contributed by atoms with Crippen molar-refractivity contribution in [2.24, 2.45) is 40.4 Å². The molecule has 35 heavy (non-hydrogen) atoms. The predicted molar refractivity (Wildman–Crippen MR) is 129 cm³/mol. The lowest BCUT2D eigenvalue weighted by atomic mass is 9.43. The third kappa shape index (κ3) is 2.82. The molecule has 192 valence electrons. The molecule has 4 saturated carbocycles. The highest BCUT2D eigenvalue weighted by Gasteiger charge is 2.80. The van der Waals surface area contributed by atoms with Gasteiger partial charge in [-0.25, -0.2) is 4.79 Å². The second kappa shape index (κ2) is 7.75. The van der Waals surface area contributed by atoms with Gasteiger partial charge in [-0.2, -0.15) is 0 Å². The van der Waals surface area contributed by atoms with Crippen LogP contribution >= 0.6 is 0 Å². The zero-order chi connectivity index (χ0) is 24.9. The molecule has 6 rings (SSSR count). The van der Waals surface area contributed by atoms with E-state index in [0.29, 0.717) is 42.6 Å². The van der Waals surface area contributed by atoms with Gasteiger partial charge in [-0.1, -0.05) is 18.6 Å². The Morgan fingerprint density at radius 1 is 1.20 bits per heavy atom. The number of esters is 1. The predicted octanol–water partition coefficient (Wildman–Crippen LogP) is 3.74. The third-order valence-electron chi connectivity index (χ3n) is 11.9. The van der Waals surface area contributed by atoms with Gasteiger partial charge in [0, 0.05) is 12.8 Å². The summed E-state index contributed by atoms with van der Waals surface area (Å²) in [5.41, 5.74) is 0.0380. The number of carbonyl (C=O) groups is 2. The van der Waals surface area contributed by atoms with Gasteiger partial charge in [-0.05, 0) is 87.4 Å². The minimum atomic E-state index is -0.659. The van der Waals surface area contributed by atoms with Crippen molar-refractivity contribution in [3.8, 4) is 0 Å². The number of carbonyl (C=O) groups excluding carboxylic acids is 2. The normalized spacial score (nSPS) is 51.5. The molecule has 11 atom stereocenters. The molecule has 1 saturated heterocycles. The van der Waals surface area contributed by atoms with Gasteiger partial charge in [0.15, 0.2) is 0 Å². The van der Waals surface area contributed by atoms with E-state index >= 15 is 0 Å². The topological polar surface area (TPSA) is 96.4 Å². The van der Waals surface area contributed by atoms with Crippen LogP contribution in [0.15, 0.2) is 23.8 Å². The average Bonchev–Trinajstić information content (AvgIpc) is 3.45. The molecule has 6 aliphatic rings. The van der Waals surface area contributed by atoms with Crippen LogP contribution in [0.3, 0.4) is 0 Å². The minimum Gasteiger partial charge on any atom is -0.458 e. The molecule has 0 aromatic rings. The van der Waals surface area contributed by atoms with Gasteiger partial charge >= 0.3 is 5.97 Å². The Morgan fingerprint density at radius 2 is 1.97 bits per heavy atom. The summed E-state index contributed by atoms with van der Waals surface area (Å²) in [5.74, 6) is 1.50. The van der Waals surface area contributed by atoms with Crippen LogP contribution in [0.2, 0.25) is 0 Å². The molecule has 4 aliphatic carbocycles. The van der Waals surface area contributed by atoms with Gasteiger partial charge in [-0.3, -0.25) is 4.79 Å². The number of cyclic esters (lactones) is 1. The number of allylic oxidation sites excluding steroid dienone is 1. The van der Waals surface area contributed by atoms with Crippen LogP contribution in [0.25, 0.3) is 0 Å². The molecule has 0 amide bonds. The molecule has 6 nitrogen and oxygen atoms in total. The molecule has 6 heteroatoms. The van der Waals surface area contributed by atoms with Crippen molar-refractivity contribution in [2.75, 3.05) is 6.61 Å². The van der Waals surface area contributed by atoms with Gasteiger partial charge in [0.1, 0.15) is 17.5 Å². The summed E-state index contributed by atoms with van der Waals surface area (Å²) >= 11 is 0. The lowest BCUT2D eigenvalue weighted by Gasteiger charge is -2.59. The fourth-order valence-corrected chi connectivity index (χ4v) is 10.1. The second-order valence-corrected chi connectivity index (χ2v) is 12.7. The molecule has 2 N–H and O–H groups in total. The van der Waals surface area contributed by atoms with E-state index in [1.54, 1.807) is 0 Å². The maximum atomic E-state index is 13.4. The first-order valence-electron chi connectivity index (χ1n) is 13.7. The van der Waals surface area contributed by atoms with Crippen LogP contribution in [-0.2, 0) is 19.1 Å². The number of aliphatic hydroxyl groups excluding tert-OH is 2. The number of aliphatic hydroxyl groups is 2. The molecule has 0 aromatic heterocycles. The van der Waals surface area contributed by atoms with Crippen LogP contribution in [0.4, 0.5) is 0 Å². The van der Waals surface area contributed by atoms with Gasteiger partial charge < -0.3 is 19.7 Å². The fourth-order valence-electron chi connectivity index (χ4n) is 10.1. The van der Waals surface area contributed by atoms with Crippen LogP contribution in [-0.4, -0.2) is 52.5 Å². The van der Waals surface area contributed by atoms with E-state index in [1.165, 1.54) is 0 Å². The summed E-state index contributed by atoms with van der Waals surface area (Å²) in [4.78, 5) is 26.0. The third-order valence-corrected chi connectivity index (χ3v) is 11.9. The molecule has 0 aromatic carbocycles. The van der Waals surface area contributed by atoms with Gasteiger partial charge in [-0.15, -0.1) is 6.58 Å². The smallest absolute Gasteiger partial charge is 0.336 e. The van der Waals surface area contributed by atoms with Crippen molar-refractivity contribution in [2.45, 2.75) is 96.1 Å². The van der Waals surface area contributed by atoms with E-state index < -0.39 is 17.1 Å². The fraction of sp³-hybridized carbons (Fsp3) is 0.793. The van der Waals surface area contributed by atoms with Crippen LogP contribution in [0, 0.1) is 40.4 Å². The summed E-state index contributed by atoms with van der Waals surface area (Å²) in [5, 5.41) is 20.5. The van der Waals surface area contributed by atoms with Crippen molar-refractivity contribution in [3.63, 3.8) is 0 Å². The molecule has 2 heterocycles. The Kier molecular flexibility index (Phi) is 5.29. The Morgan fingerprint density at radius 3 is 2.66 bits per heavy atom. The molecular formula is C29H40O6. The minimum absolute atomic E-state index is 0.0194. The summed E-state index contributed by atoms with van der Waals surface area (Å²) in [6, 6.07) is 0. The molecule has 0 radical (unpaired) electrons.